The van der Waals surface area contributed by atoms with E-state index in [1.807, 2.05) is 30.3 Å². The predicted molar refractivity (Wildman–Crippen MR) is 103 cm³/mol. The lowest BCUT2D eigenvalue weighted by atomic mass is 10.2. The van der Waals surface area contributed by atoms with E-state index in [4.69, 9.17) is 9.72 Å². The highest BCUT2D eigenvalue weighted by molar-refractivity contribution is 5.75. The summed E-state index contributed by atoms with van der Waals surface area (Å²) in [4.78, 5) is 15.2. The number of nitrogens with zero attached hydrogens (tertiary/aromatic N) is 2. The molecule has 3 rings (SSSR count). The van der Waals surface area contributed by atoms with Crippen LogP contribution in [0.5, 0.6) is 5.75 Å². The molecule has 5 nitrogen and oxygen atoms in total. The molecule has 2 aromatic carbocycles. The number of benzene rings is 2. The average molecular weight is 351 g/mol. The van der Waals surface area contributed by atoms with Crippen LogP contribution < -0.4 is 10.1 Å². The summed E-state index contributed by atoms with van der Waals surface area (Å²) >= 11 is 0. The third kappa shape index (κ3) is 4.63. The second-order valence-corrected chi connectivity index (χ2v) is 6.36. The normalized spacial score (nSPS) is 10.8. The summed E-state index contributed by atoms with van der Waals surface area (Å²) in [6.07, 6.45) is 3.37. The molecule has 1 N–H and O–H groups in total. The highest BCUT2D eigenvalue weighted by atomic mass is 16.5. The van der Waals surface area contributed by atoms with E-state index in [0.29, 0.717) is 13.2 Å². The molecule has 0 fully saturated rings. The monoisotopic (exact) mass is 351 g/mol. The highest BCUT2D eigenvalue weighted by Gasteiger charge is 2.10. The zero-order valence-electron chi connectivity index (χ0n) is 15.1. The van der Waals surface area contributed by atoms with E-state index in [2.05, 4.69) is 35.0 Å². The first-order valence-corrected chi connectivity index (χ1v) is 9.08. The Morgan fingerprint density at radius 1 is 1.12 bits per heavy atom. The topological polar surface area (TPSA) is 56.1 Å². The summed E-state index contributed by atoms with van der Waals surface area (Å²) in [7, 11) is 0. The van der Waals surface area contributed by atoms with Crippen LogP contribution in [0, 0.1) is 6.92 Å². The molecule has 0 aliphatic heterocycles. The molecule has 0 bridgehead atoms. The minimum absolute atomic E-state index is 0.668. The highest BCUT2D eigenvalue weighted by Crippen LogP contribution is 2.18. The fraction of sp³-hybridized carbons (Fsp3) is 0.333. The number of fused-ring (bicyclic) bond motifs is 1. The van der Waals surface area contributed by atoms with Crippen molar-refractivity contribution in [3.8, 4) is 5.75 Å². The van der Waals surface area contributed by atoms with Crippen molar-refractivity contribution in [2.75, 3.05) is 13.2 Å². The molecule has 1 amide bonds. The number of hydrogen-bond donors (Lipinski definition) is 1. The summed E-state index contributed by atoms with van der Waals surface area (Å²) in [6.45, 7) is 4.27. The van der Waals surface area contributed by atoms with Crippen LogP contribution in [-0.2, 0) is 17.8 Å². The molecule has 1 heterocycles. The van der Waals surface area contributed by atoms with Crippen LogP contribution in [-0.4, -0.2) is 29.1 Å². The van der Waals surface area contributed by atoms with Crippen molar-refractivity contribution in [2.45, 2.75) is 32.7 Å². The van der Waals surface area contributed by atoms with Crippen molar-refractivity contribution < 1.29 is 9.53 Å². The van der Waals surface area contributed by atoms with Gasteiger partial charge in [0, 0.05) is 19.5 Å². The molecule has 0 aliphatic carbocycles. The molecular weight excluding hydrogens is 326 g/mol. The van der Waals surface area contributed by atoms with Crippen LogP contribution >= 0.6 is 0 Å². The molecule has 26 heavy (non-hydrogen) atoms. The van der Waals surface area contributed by atoms with Crippen molar-refractivity contribution in [1.29, 1.82) is 0 Å². The van der Waals surface area contributed by atoms with Crippen LogP contribution in [0.25, 0.3) is 11.0 Å². The number of ether oxygens (including phenoxy) is 1. The molecule has 0 atom stereocenters. The molecule has 0 aliphatic rings. The van der Waals surface area contributed by atoms with Crippen LogP contribution in [0.3, 0.4) is 0 Å². The van der Waals surface area contributed by atoms with Gasteiger partial charge in [-0.05, 0) is 44.0 Å². The molecule has 1 aromatic heterocycles. The van der Waals surface area contributed by atoms with E-state index >= 15 is 0 Å². The number of imidazole rings is 1. The molecule has 5 heteroatoms. The van der Waals surface area contributed by atoms with Gasteiger partial charge in [0.2, 0.25) is 6.41 Å². The minimum atomic E-state index is 0.668. The second-order valence-electron chi connectivity index (χ2n) is 6.36. The van der Waals surface area contributed by atoms with E-state index in [0.717, 1.165) is 54.8 Å². The van der Waals surface area contributed by atoms with Crippen molar-refractivity contribution in [3.05, 3.63) is 59.9 Å². The Bertz CT molecular complexity index is 840. The van der Waals surface area contributed by atoms with Gasteiger partial charge in [-0.3, -0.25) is 4.79 Å². The molecule has 136 valence electrons. The first-order valence-electron chi connectivity index (χ1n) is 9.08. The SMILES string of the molecule is Cc1ccc(OCCCn2c(CCCNC=O)nc3ccccc32)cc1. The number of carbonyl (C=O) groups is 1. The van der Waals surface area contributed by atoms with Crippen molar-refractivity contribution in [2.24, 2.45) is 0 Å². The van der Waals surface area contributed by atoms with Gasteiger partial charge in [-0.1, -0.05) is 29.8 Å². The standard InChI is InChI=1S/C21H25N3O2/c1-17-9-11-18(12-10-17)26-15-5-14-24-20-7-3-2-6-19(20)23-21(24)8-4-13-22-16-25/h2-3,6-7,9-12,16H,4-5,8,13-15H2,1H3,(H,22,25). The second kappa shape index (κ2) is 9.04. The first-order chi connectivity index (χ1) is 12.8. The number of aromatic nitrogens is 2. The Balaban J connectivity index is 1.61. The Labute approximate surface area is 154 Å². The van der Waals surface area contributed by atoms with E-state index in [1.54, 1.807) is 0 Å². The molecule has 0 saturated heterocycles. The van der Waals surface area contributed by atoms with Gasteiger partial charge in [0.15, 0.2) is 0 Å². The molecule has 0 spiro atoms. The summed E-state index contributed by atoms with van der Waals surface area (Å²) in [5, 5.41) is 2.71. The van der Waals surface area contributed by atoms with Crippen LogP contribution in [0.1, 0.15) is 24.2 Å². The van der Waals surface area contributed by atoms with E-state index < -0.39 is 0 Å². The average Bonchev–Trinajstić information content (AvgIpc) is 3.01. The zero-order valence-corrected chi connectivity index (χ0v) is 15.1. The molecule has 3 aromatic rings. The maximum atomic E-state index is 10.4. The maximum Gasteiger partial charge on any atom is 0.207 e. The number of carbonyl (C=O) groups excluding carboxylic acids is 1. The number of aryl methyl sites for hydroxylation is 3. The van der Waals surface area contributed by atoms with Crippen molar-refractivity contribution in [1.82, 2.24) is 14.9 Å². The number of nitrogens with one attached hydrogen (secondary N) is 1. The van der Waals surface area contributed by atoms with Crippen LogP contribution in [0.15, 0.2) is 48.5 Å². The van der Waals surface area contributed by atoms with Gasteiger partial charge < -0.3 is 14.6 Å². The van der Waals surface area contributed by atoms with Gasteiger partial charge in [-0.15, -0.1) is 0 Å². The minimum Gasteiger partial charge on any atom is -0.494 e. The smallest absolute Gasteiger partial charge is 0.207 e. The predicted octanol–water partition coefficient (Wildman–Crippen LogP) is 3.49. The zero-order chi connectivity index (χ0) is 18.2. The van der Waals surface area contributed by atoms with E-state index in [-0.39, 0.29) is 0 Å². The molecule has 0 saturated carbocycles. The summed E-state index contributed by atoms with van der Waals surface area (Å²) in [6, 6.07) is 16.3. The van der Waals surface area contributed by atoms with Crippen molar-refractivity contribution >= 4 is 17.4 Å². The lowest BCUT2D eigenvalue weighted by molar-refractivity contribution is -0.109. The summed E-state index contributed by atoms with van der Waals surface area (Å²) in [5.41, 5.74) is 3.41. The fourth-order valence-corrected chi connectivity index (χ4v) is 3.02. The number of para-hydroxylation sites is 2. The third-order valence-corrected chi connectivity index (χ3v) is 4.35. The molecule has 0 unspecified atom stereocenters. The number of rotatable bonds is 10. The van der Waals surface area contributed by atoms with E-state index in [9.17, 15) is 4.79 Å². The maximum absolute atomic E-state index is 10.4. The third-order valence-electron chi connectivity index (χ3n) is 4.35. The van der Waals surface area contributed by atoms with Crippen LogP contribution in [0.2, 0.25) is 0 Å². The van der Waals surface area contributed by atoms with Crippen LogP contribution in [0.4, 0.5) is 0 Å². The van der Waals surface area contributed by atoms with Gasteiger partial charge in [0.1, 0.15) is 11.6 Å². The van der Waals surface area contributed by atoms with Gasteiger partial charge >= 0.3 is 0 Å². The molecular formula is C21H25N3O2. The van der Waals surface area contributed by atoms with Crippen molar-refractivity contribution in [3.63, 3.8) is 0 Å². The molecule has 0 radical (unpaired) electrons. The van der Waals surface area contributed by atoms with Gasteiger partial charge in [-0.25, -0.2) is 4.98 Å². The number of amides is 1. The quantitative estimate of drug-likeness (QED) is 0.449. The van der Waals surface area contributed by atoms with Gasteiger partial charge in [-0.2, -0.15) is 0 Å². The largest absolute Gasteiger partial charge is 0.494 e. The lowest BCUT2D eigenvalue weighted by Gasteiger charge is -2.10. The van der Waals surface area contributed by atoms with E-state index in [1.165, 1.54) is 5.56 Å². The summed E-state index contributed by atoms with van der Waals surface area (Å²) in [5.74, 6) is 1.97. The Morgan fingerprint density at radius 3 is 2.73 bits per heavy atom. The first kappa shape index (κ1) is 18.0. The van der Waals surface area contributed by atoms with Gasteiger partial charge in [0.05, 0.1) is 17.6 Å². The summed E-state index contributed by atoms with van der Waals surface area (Å²) < 4.78 is 8.11. The Hall–Kier alpha value is -2.82. The Morgan fingerprint density at radius 2 is 1.92 bits per heavy atom. The lowest BCUT2D eigenvalue weighted by Crippen LogP contribution is -2.14. The number of hydrogen-bond acceptors (Lipinski definition) is 3. The fourth-order valence-electron chi connectivity index (χ4n) is 3.02. The van der Waals surface area contributed by atoms with Gasteiger partial charge in [0.25, 0.3) is 0 Å². The Kier molecular flexibility index (Phi) is 6.25.